The second-order valence-electron chi connectivity index (χ2n) is 4.49. The van der Waals surface area contributed by atoms with Gasteiger partial charge in [0, 0.05) is 5.02 Å². The summed E-state index contributed by atoms with van der Waals surface area (Å²) in [6.07, 6.45) is -0.490. The minimum absolute atomic E-state index is 0.0227. The van der Waals surface area contributed by atoms with Gasteiger partial charge in [0.15, 0.2) is 0 Å². The van der Waals surface area contributed by atoms with Gasteiger partial charge < -0.3 is 14.2 Å². The van der Waals surface area contributed by atoms with E-state index < -0.39 is 23.8 Å². The van der Waals surface area contributed by atoms with Crippen LogP contribution in [0.4, 0.5) is 0 Å². The Labute approximate surface area is 133 Å². The van der Waals surface area contributed by atoms with Gasteiger partial charge >= 0.3 is 17.9 Å². The first kappa shape index (κ1) is 18.0. The average Bonchev–Trinajstić information content (AvgIpc) is 2.52. The summed E-state index contributed by atoms with van der Waals surface area (Å²) in [5.74, 6) is -2.80. The molecule has 0 aromatic heterocycles. The number of carbonyl (C=O) groups is 3. The Bertz CT molecular complexity index is 507. The lowest BCUT2D eigenvalue weighted by molar-refractivity contribution is -0.158. The molecule has 0 aliphatic heterocycles. The van der Waals surface area contributed by atoms with Gasteiger partial charge in [-0.15, -0.1) is 0 Å². The van der Waals surface area contributed by atoms with E-state index in [0.29, 0.717) is 5.02 Å². The Morgan fingerprint density at radius 2 is 1.50 bits per heavy atom. The molecule has 7 heteroatoms. The maximum Gasteiger partial charge on any atom is 0.310 e. The fourth-order valence-electron chi connectivity index (χ4n) is 1.66. The van der Waals surface area contributed by atoms with E-state index in [9.17, 15) is 14.4 Å². The Hall–Kier alpha value is -2.08. The van der Waals surface area contributed by atoms with Gasteiger partial charge in [0.1, 0.15) is 6.61 Å². The van der Waals surface area contributed by atoms with Crippen LogP contribution in [0.5, 0.6) is 0 Å². The highest BCUT2D eigenvalue weighted by Gasteiger charge is 2.27. The summed E-state index contributed by atoms with van der Waals surface area (Å²) in [4.78, 5) is 34.6. The minimum atomic E-state index is -0.938. The van der Waals surface area contributed by atoms with Crippen LogP contribution in [0.15, 0.2) is 24.3 Å². The summed E-state index contributed by atoms with van der Waals surface area (Å²) in [5.41, 5.74) is 0.743. The Balaban J connectivity index is 2.63. The number of ether oxygens (including phenoxy) is 3. The molecule has 0 saturated heterocycles. The van der Waals surface area contributed by atoms with E-state index in [1.807, 2.05) is 0 Å². The Morgan fingerprint density at radius 3 is 1.95 bits per heavy atom. The van der Waals surface area contributed by atoms with Gasteiger partial charge in [-0.2, -0.15) is 0 Å². The van der Waals surface area contributed by atoms with Crippen LogP contribution in [0.3, 0.4) is 0 Å². The van der Waals surface area contributed by atoms with Gasteiger partial charge in [-0.25, -0.2) is 0 Å². The number of benzene rings is 1. The van der Waals surface area contributed by atoms with Gasteiger partial charge in [0.2, 0.25) is 0 Å². The number of methoxy groups -OCH3 is 2. The number of halogens is 1. The largest absolute Gasteiger partial charge is 0.469 e. The molecule has 22 heavy (non-hydrogen) atoms. The van der Waals surface area contributed by atoms with Crippen molar-refractivity contribution in [2.75, 3.05) is 14.2 Å². The first-order valence-electron chi connectivity index (χ1n) is 6.51. The maximum absolute atomic E-state index is 12.0. The highest BCUT2D eigenvalue weighted by molar-refractivity contribution is 6.30. The van der Waals surface area contributed by atoms with E-state index in [0.717, 1.165) is 5.56 Å². The monoisotopic (exact) mass is 328 g/mol. The number of carbonyl (C=O) groups excluding carboxylic acids is 3. The average molecular weight is 329 g/mol. The maximum atomic E-state index is 12.0. The van der Waals surface area contributed by atoms with Crippen molar-refractivity contribution in [3.8, 4) is 0 Å². The third-order valence-corrected chi connectivity index (χ3v) is 3.16. The van der Waals surface area contributed by atoms with Gasteiger partial charge in [-0.05, 0) is 17.7 Å². The predicted molar refractivity (Wildman–Crippen MR) is 78.0 cm³/mol. The molecule has 0 amide bonds. The Morgan fingerprint density at radius 1 is 1.00 bits per heavy atom. The fourth-order valence-corrected chi connectivity index (χ4v) is 1.79. The Kier molecular flexibility index (Phi) is 7.39. The first-order chi connectivity index (χ1) is 10.5. The molecule has 0 atom stereocenters. The molecular weight excluding hydrogens is 312 g/mol. The summed E-state index contributed by atoms with van der Waals surface area (Å²) in [6.45, 7) is 0.0227. The SMILES string of the molecule is COC(=O)CC(CC(=O)OC)C(=O)OCc1ccc(Cl)cc1. The van der Waals surface area contributed by atoms with Gasteiger partial charge in [0.05, 0.1) is 33.0 Å². The fraction of sp³-hybridized carbons (Fsp3) is 0.400. The van der Waals surface area contributed by atoms with Crippen molar-refractivity contribution < 1.29 is 28.6 Å². The summed E-state index contributed by atoms with van der Waals surface area (Å²) < 4.78 is 14.1. The lowest BCUT2D eigenvalue weighted by Crippen LogP contribution is -2.24. The number of hydrogen-bond acceptors (Lipinski definition) is 6. The van der Waals surface area contributed by atoms with Crippen molar-refractivity contribution in [3.63, 3.8) is 0 Å². The minimum Gasteiger partial charge on any atom is -0.469 e. The molecule has 0 fully saturated rings. The van der Waals surface area contributed by atoms with Crippen LogP contribution >= 0.6 is 11.6 Å². The molecule has 0 aliphatic rings. The standard InChI is InChI=1S/C15H17ClO6/c1-20-13(17)7-11(8-14(18)21-2)15(19)22-9-10-3-5-12(16)6-4-10/h3-6,11H,7-9H2,1-2H3. The van der Waals surface area contributed by atoms with Crippen LogP contribution in [0.25, 0.3) is 0 Å². The topological polar surface area (TPSA) is 78.9 Å². The molecule has 0 saturated carbocycles. The van der Waals surface area contributed by atoms with Crippen LogP contribution in [-0.4, -0.2) is 32.1 Å². The molecule has 6 nitrogen and oxygen atoms in total. The van der Waals surface area contributed by atoms with Crippen LogP contribution < -0.4 is 0 Å². The van der Waals surface area contributed by atoms with Gasteiger partial charge in [-0.3, -0.25) is 14.4 Å². The summed E-state index contributed by atoms with van der Waals surface area (Å²) in [5, 5.41) is 0.573. The van der Waals surface area contributed by atoms with Crippen molar-refractivity contribution in [1.29, 1.82) is 0 Å². The van der Waals surface area contributed by atoms with E-state index in [1.165, 1.54) is 14.2 Å². The molecule has 0 bridgehead atoms. The zero-order valence-electron chi connectivity index (χ0n) is 12.3. The molecule has 1 aromatic carbocycles. The van der Waals surface area contributed by atoms with Crippen LogP contribution in [-0.2, 0) is 35.2 Å². The molecule has 0 heterocycles. The third kappa shape index (κ3) is 6.13. The summed E-state index contributed by atoms with van der Waals surface area (Å²) >= 11 is 5.76. The molecule has 120 valence electrons. The molecule has 0 spiro atoms. The van der Waals surface area contributed by atoms with Gasteiger partial charge in [0.25, 0.3) is 0 Å². The molecular formula is C15H17ClO6. The summed E-state index contributed by atoms with van der Waals surface area (Å²) in [7, 11) is 2.41. The second-order valence-corrected chi connectivity index (χ2v) is 4.93. The second kappa shape index (κ2) is 9.04. The van der Waals surface area contributed by atoms with E-state index in [-0.39, 0.29) is 19.4 Å². The highest BCUT2D eigenvalue weighted by atomic mass is 35.5. The number of rotatable bonds is 7. The molecule has 0 radical (unpaired) electrons. The van der Waals surface area contributed by atoms with Crippen molar-refractivity contribution in [3.05, 3.63) is 34.9 Å². The van der Waals surface area contributed by atoms with Crippen molar-refractivity contribution in [2.45, 2.75) is 19.4 Å². The van der Waals surface area contributed by atoms with Crippen molar-refractivity contribution in [2.24, 2.45) is 5.92 Å². The molecule has 0 aliphatic carbocycles. The lowest BCUT2D eigenvalue weighted by Gasteiger charge is -2.14. The molecule has 0 unspecified atom stereocenters. The predicted octanol–water partition coefficient (Wildman–Crippen LogP) is 2.13. The summed E-state index contributed by atoms with van der Waals surface area (Å²) in [6, 6.07) is 6.77. The van der Waals surface area contributed by atoms with Crippen LogP contribution in [0.2, 0.25) is 5.02 Å². The molecule has 0 N–H and O–H groups in total. The quantitative estimate of drug-likeness (QED) is 0.563. The zero-order chi connectivity index (χ0) is 16.5. The molecule has 1 rings (SSSR count). The van der Waals surface area contributed by atoms with Crippen molar-refractivity contribution >= 4 is 29.5 Å². The zero-order valence-corrected chi connectivity index (χ0v) is 13.1. The number of hydrogen-bond donors (Lipinski definition) is 0. The van der Waals surface area contributed by atoms with E-state index >= 15 is 0 Å². The molecule has 1 aromatic rings. The van der Waals surface area contributed by atoms with E-state index in [1.54, 1.807) is 24.3 Å². The van der Waals surface area contributed by atoms with E-state index in [2.05, 4.69) is 9.47 Å². The normalized spacial score (nSPS) is 10.2. The smallest absolute Gasteiger partial charge is 0.310 e. The van der Waals surface area contributed by atoms with E-state index in [4.69, 9.17) is 16.3 Å². The first-order valence-corrected chi connectivity index (χ1v) is 6.88. The third-order valence-electron chi connectivity index (χ3n) is 2.91. The van der Waals surface area contributed by atoms with Crippen molar-refractivity contribution in [1.82, 2.24) is 0 Å². The van der Waals surface area contributed by atoms with Crippen LogP contribution in [0.1, 0.15) is 18.4 Å². The van der Waals surface area contributed by atoms with Gasteiger partial charge in [-0.1, -0.05) is 23.7 Å². The van der Waals surface area contributed by atoms with Crippen LogP contribution in [0, 0.1) is 5.92 Å². The lowest BCUT2D eigenvalue weighted by atomic mass is 10.0. The highest BCUT2D eigenvalue weighted by Crippen LogP contribution is 2.15. The number of esters is 3.